The lowest BCUT2D eigenvalue weighted by Crippen LogP contribution is -2.33. The van der Waals surface area contributed by atoms with Crippen molar-refractivity contribution in [2.24, 2.45) is 5.92 Å². The molecule has 1 saturated carbocycles. The summed E-state index contributed by atoms with van der Waals surface area (Å²) in [6.45, 7) is 0.641. The van der Waals surface area contributed by atoms with Crippen molar-refractivity contribution in [3.63, 3.8) is 0 Å². The molecule has 1 amide bonds. The summed E-state index contributed by atoms with van der Waals surface area (Å²) in [7, 11) is 1.72. The number of benzene rings is 1. The number of carbonyl (C=O) groups excluding carboxylic acids is 1. The zero-order valence-corrected chi connectivity index (χ0v) is 14.2. The molecule has 1 aliphatic rings. The van der Waals surface area contributed by atoms with Gasteiger partial charge in [0.25, 0.3) is 11.6 Å². The molecule has 0 bridgehead atoms. The number of non-ortho nitro benzene ring substituents is 1. The molecular formula is C18H21N3O4. The molecule has 1 N–H and O–H groups in total. The zero-order chi connectivity index (χ0) is 18.0. The average Bonchev–Trinajstić information content (AvgIpc) is 2.60. The normalized spacial score (nSPS) is 15.2. The Balaban J connectivity index is 1.95. The lowest BCUT2D eigenvalue weighted by atomic mass is 9.89. The van der Waals surface area contributed by atoms with Gasteiger partial charge >= 0.3 is 0 Å². The maximum Gasteiger partial charge on any atom is 0.270 e. The SMILES string of the molecule is CN(CC1CCCCC1)C(=O)c1cc(=O)[nH]c2ccc([N+](=O)[O-])cc12. The summed E-state index contributed by atoms with van der Waals surface area (Å²) >= 11 is 0. The number of nitro groups is 1. The van der Waals surface area contributed by atoms with Crippen molar-refractivity contribution in [3.05, 3.63) is 50.3 Å². The second-order valence-electron chi connectivity index (χ2n) is 6.72. The minimum atomic E-state index is -0.509. The molecule has 1 aliphatic carbocycles. The average molecular weight is 343 g/mol. The van der Waals surface area contributed by atoms with Crippen LogP contribution in [0.5, 0.6) is 0 Å². The summed E-state index contributed by atoms with van der Waals surface area (Å²) in [6.07, 6.45) is 5.84. The predicted octanol–water partition coefficient (Wildman–Crippen LogP) is 3.09. The van der Waals surface area contributed by atoms with Gasteiger partial charge in [-0.05, 0) is 24.8 Å². The van der Waals surface area contributed by atoms with Crippen LogP contribution in [0, 0.1) is 16.0 Å². The van der Waals surface area contributed by atoms with Gasteiger partial charge in [-0.1, -0.05) is 19.3 Å². The van der Waals surface area contributed by atoms with Crippen LogP contribution < -0.4 is 5.56 Å². The van der Waals surface area contributed by atoms with Gasteiger partial charge in [-0.2, -0.15) is 0 Å². The number of carbonyl (C=O) groups is 1. The van der Waals surface area contributed by atoms with Gasteiger partial charge in [0.2, 0.25) is 5.56 Å². The number of aromatic amines is 1. The van der Waals surface area contributed by atoms with Crippen molar-refractivity contribution < 1.29 is 9.72 Å². The van der Waals surface area contributed by atoms with E-state index >= 15 is 0 Å². The van der Waals surface area contributed by atoms with E-state index in [1.165, 1.54) is 43.5 Å². The van der Waals surface area contributed by atoms with Gasteiger partial charge in [-0.15, -0.1) is 0 Å². The molecule has 3 rings (SSSR count). The standard InChI is InChI=1S/C18H21N3O4/c1-20(11-12-5-3-2-4-6-12)18(23)15-10-17(22)19-16-8-7-13(21(24)25)9-14(15)16/h7-10,12H,2-6,11H2,1H3,(H,19,22). The van der Waals surface area contributed by atoms with E-state index in [0.29, 0.717) is 23.4 Å². The number of H-pyrrole nitrogens is 1. The lowest BCUT2D eigenvalue weighted by Gasteiger charge is -2.27. The highest BCUT2D eigenvalue weighted by Crippen LogP contribution is 2.26. The Morgan fingerprint density at radius 2 is 2.00 bits per heavy atom. The quantitative estimate of drug-likeness (QED) is 0.681. The monoisotopic (exact) mass is 343 g/mol. The van der Waals surface area contributed by atoms with Crippen LogP contribution in [0.15, 0.2) is 29.1 Å². The third-order valence-corrected chi connectivity index (χ3v) is 4.87. The van der Waals surface area contributed by atoms with E-state index in [1.807, 2.05) is 0 Å². The lowest BCUT2D eigenvalue weighted by molar-refractivity contribution is -0.384. The molecule has 0 saturated heterocycles. The largest absolute Gasteiger partial charge is 0.341 e. The maximum absolute atomic E-state index is 12.9. The summed E-state index contributed by atoms with van der Waals surface area (Å²) in [5, 5.41) is 11.4. The van der Waals surface area contributed by atoms with Crippen molar-refractivity contribution in [1.29, 1.82) is 0 Å². The number of nitro benzene ring substituents is 1. The molecule has 1 aromatic carbocycles. The Hall–Kier alpha value is -2.70. The number of hydrogen-bond acceptors (Lipinski definition) is 4. The van der Waals surface area contributed by atoms with Gasteiger partial charge < -0.3 is 9.88 Å². The van der Waals surface area contributed by atoms with Crippen molar-refractivity contribution in [2.75, 3.05) is 13.6 Å². The van der Waals surface area contributed by atoms with Gasteiger partial charge in [0.05, 0.1) is 10.5 Å². The topological polar surface area (TPSA) is 96.3 Å². The highest BCUT2D eigenvalue weighted by atomic mass is 16.6. The summed E-state index contributed by atoms with van der Waals surface area (Å²) in [5.41, 5.74) is 0.132. The zero-order valence-electron chi connectivity index (χ0n) is 14.2. The van der Waals surface area contributed by atoms with Gasteiger partial charge in [0.1, 0.15) is 0 Å². The number of hydrogen-bond donors (Lipinski definition) is 1. The molecule has 1 heterocycles. The van der Waals surface area contributed by atoms with Crippen LogP contribution in [0.2, 0.25) is 0 Å². The molecular weight excluding hydrogens is 322 g/mol. The van der Waals surface area contributed by atoms with Crippen LogP contribution in [0.3, 0.4) is 0 Å². The summed E-state index contributed by atoms with van der Waals surface area (Å²) in [4.78, 5) is 39.5. The first-order chi connectivity index (χ1) is 12.0. The van der Waals surface area contributed by atoms with Crippen LogP contribution in [-0.2, 0) is 0 Å². The van der Waals surface area contributed by atoms with E-state index in [0.717, 1.165) is 12.8 Å². The molecule has 25 heavy (non-hydrogen) atoms. The summed E-state index contributed by atoms with van der Waals surface area (Å²) in [6, 6.07) is 5.35. The fourth-order valence-corrected chi connectivity index (χ4v) is 3.58. The molecule has 7 nitrogen and oxygen atoms in total. The number of nitrogens with one attached hydrogen (secondary N) is 1. The number of rotatable bonds is 4. The van der Waals surface area contributed by atoms with E-state index in [9.17, 15) is 19.7 Å². The minimum Gasteiger partial charge on any atom is -0.341 e. The van der Waals surface area contributed by atoms with E-state index in [-0.39, 0.29) is 17.2 Å². The number of fused-ring (bicyclic) bond motifs is 1. The molecule has 1 aromatic heterocycles. The van der Waals surface area contributed by atoms with Crippen LogP contribution >= 0.6 is 0 Å². The molecule has 0 radical (unpaired) electrons. The first kappa shape index (κ1) is 17.1. The third kappa shape index (κ3) is 3.70. The summed E-state index contributed by atoms with van der Waals surface area (Å²) in [5.74, 6) is 0.201. The molecule has 7 heteroatoms. The fraction of sp³-hybridized carbons (Fsp3) is 0.444. The first-order valence-electron chi connectivity index (χ1n) is 8.52. The Bertz CT molecular complexity index is 868. The van der Waals surface area contributed by atoms with E-state index in [4.69, 9.17) is 0 Å². The van der Waals surface area contributed by atoms with Crippen molar-refractivity contribution in [2.45, 2.75) is 32.1 Å². The first-order valence-corrected chi connectivity index (χ1v) is 8.52. The van der Waals surface area contributed by atoms with E-state index in [2.05, 4.69) is 4.98 Å². The highest BCUT2D eigenvalue weighted by molar-refractivity contribution is 6.06. The van der Waals surface area contributed by atoms with Crippen molar-refractivity contribution >= 4 is 22.5 Å². The van der Waals surface area contributed by atoms with Gasteiger partial charge in [0.15, 0.2) is 0 Å². The van der Waals surface area contributed by atoms with E-state index in [1.54, 1.807) is 11.9 Å². The van der Waals surface area contributed by atoms with Crippen LogP contribution in [0.25, 0.3) is 10.9 Å². The van der Waals surface area contributed by atoms with Gasteiger partial charge in [0, 0.05) is 42.7 Å². The van der Waals surface area contributed by atoms with Crippen molar-refractivity contribution in [1.82, 2.24) is 9.88 Å². The number of aromatic nitrogens is 1. The number of nitrogens with zero attached hydrogens (tertiary/aromatic N) is 2. The Labute approximate surface area is 144 Å². The maximum atomic E-state index is 12.9. The number of pyridine rings is 1. The van der Waals surface area contributed by atoms with Crippen LogP contribution in [0.4, 0.5) is 5.69 Å². The molecule has 1 fully saturated rings. The van der Waals surface area contributed by atoms with Gasteiger partial charge in [-0.25, -0.2) is 0 Å². The molecule has 0 unspecified atom stereocenters. The molecule has 132 valence electrons. The predicted molar refractivity (Wildman–Crippen MR) is 94.8 cm³/mol. The van der Waals surface area contributed by atoms with Gasteiger partial charge in [-0.3, -0.25) is 19.7 Å². The molecule has 0 aliphatic heterocycles. The Kier molecular flexibility index (Phi) is 4.83. The second kappa shape index (κ2) is 7.04. The van der Waals surface area contributed by atoms with Crippen LogP contribution in [-0.4, -0.2) is 34.3 Å². The molecule has 0 spiro atoms. The van der Waals surface area contributed by atoms with Crippen molar-refractivity contribution in [3.8, 4) is 0 Å². The van der Waals surface area contributed by atoms with Crippen LogP contribution in [0.1, 0.15) is 42.5 Å². The third-order valence-electron chi connectivity index (χ3n) is 4.87. The Morgan fingerprint density at radius 1 is 1.28 bits per heavy atom. The Morgan fingerprint density at radius 3 is 2.68 bits per heavy atom. The number of amides is 1. The smallest absolute Gasteiger partial charge is 0.270 e. The second-order valence-corrected chi connectivity index (χ2v) is 6.72. The molecule has 0 atom stereocenters. The fourth-order valence-electron chi connectivity index (χ4n) is 3.58. The molecule has 2 aromatic rings. The van der Waals surface area contributed by atoms with E-state index < -0.39 is 10.5 Å². The minimum absolute atomic E-state index is 0.108. The summed E-state index contributed by atoms with van der Waals surface area (Å²) < 4.78 is 0. The highest BCUT2D eigenvalue weighted by Gasteiger charge is 2.22.